The van der Waals surface area contributed by atoms with Gasteiger partial charge in [-0.15, -0.1) is 0 Å². The summed E-state index contributed by atoms with van der Waals surface area (Å²) in [6, 6.07) is 1.14. The van der Waals surface area contributed by atoms with Gasteiger partial charge in [0.05, 0.1) is 6.10 Å². The third-order valence-electron chi connectivity index (χ3n) is 5.11. The normalized spacial score (nSPS) is 37.4. The van der Waals surface area contributed by atoms with Gasteiger partial charge in [-0.3, -0.25) is 4.90 Å². The first-order valence-corrected chi connectivity index (χ1v) is 8.41. The zero-order valence-electron chi connectivity index (χ0n) is 12.8. The van der Waals surface area contributed by atoms with Crippen molar-refractivity contribution in [1.82, 2.24) is 10.2 Å². The van der Waals surface area contributed by atoms with Gasteiger partial charge < -0.3 is 10.4 Å². The predicted molar refractivity (Wildman–Crippen MR) is 80.3 cm³/mol. The molecule has 3 nitrogen and oxygen atoms in total. The molecule has 0 amide bonds. The Bertz CT molecular complexity index is 259. The average Bonchev–Trinajstić information content (AvgIpc) is 2.45. The molecular weight excluding hydrogens is 236 g/mol. The van der Waals surface area contributed by atoms with Crippen LogP contribution in [-0.4, -0.2) is 47.8 Å². The van der Waals surface area contributed by atoms with Crippen LogP contribution in [0.3, 0.4) is 0 Å². The molecule has 1 saturated carbocycles. The summed E-state index contributed by atoms with van der Waals surface area (Å²) in [5.74, 6) is 0.759. The summed E-state index contributed by atoms with van der Waals surface area (Å²) >= 11 is 0. The number of aliphatic hydroxyl groups is 1. The van der Waals surface area contributed by atoms with E-state index in [1.54, 1.807) is 0 Å². The Labute approximate surface area is 118 Å². The minimum atomic E-state index is -0.0774. The monoisotopic (exact) mass is 268 g/mol. The molecule has 1 saturated heterocycles. The van der Waals surface area contributed by atoms with E-state index in [0.717, 1.165) is 18.9 Å². The molecular formula is C16H32N2O. The van der Waals surface area contributed by atoms with Crippen molar-refractivity contribution in [3.63, 3.8) is 0 Å². The van der Waals surface area contributed by atoms with Gasteiger partial charge in [-0.25, -0.2) is 0 Å². The molecule has 0 aromatic carbocycles. The summed E-state index contributed by atoms with van der Waals surface area (Å²) in [4.78, 5) is 2.59. The highest BCUT2D eigenvalue weighted by Crippen LogP contribution is 2.28. The lowest BCUT2D eigenvalue weighted by Gasteiger charge is -2.45. The highest BCUT2D eigenvalue weighted by Gasteiger charge is 2.34. The van der Waals surface area contributed by atoms with Crippen LogP contribution in [0.25, 0.3) is 0 Å². The zero-order valence-corrected chi connectivity index (χ0v) is 12.8. The fourth-order valence-corrected chi connectivity index (χ4v) is 3.89. The largest absolute Gasteiger partial charge is 0.391 e. The molecule has 19 heavy (non-hydrogen) atoms. The topological polar surface area (TPSA) is 35.5 Å². The van der Waals surface area contributed by atoms with E-state index in [-0.39, 0.29) is 6.10 Å². The van der Waals surface area contributed by atoms with Crippen LogP contribution in [-0.2, 0) is 0 Å². The Balaban J connectivity index is 1.88. The highest BCUT2D eigenvalue weighted by molar-refractivity contribution is 4.91. The van der Waals surface area contributed by atoms with Gasteiger partial charge >= 0.3 is 0 Å². The Hall–Kier alpha value is -0.120. The number of nitrogens with zero attached hydrogens (tertiary/aromatic N) is 1. The van der Waals surface area contributed by atoms with Crippen LogP contribution in [0, 0.1) is 5.92 Å². The van der Waals surface area contributed by atoms with Crippen LogP contribution in [0.5, 0.6) is 0 Å². The maximum absolute atomic E-state index is 10.2. The molecule has 2 rings (SSSR count). The van der Waals surface area contributed by atoms with Crippen molar-refractivity contribution in [2.24, 2.45) is 5.92 Å². The van der Waals surface area contributed by atoms with Crippen molar-refractivity contribution in [3.8, 4) is 0 Å². The minimum absolute atomic E-state index is 0.0774. The second-order valence-corrected chi connectivity index (χ2v) is 6.43. The lowest BCUT2D eigenvalue weighted by atomic mass is 9.85. The van der Waals surface area contributed by atoms with E-state index in [1.807, 2.05) is 0 Å². The van der Waals surface area contributed by atoms with Gasteiger partial charge in [0.25, 0.3) is 0 Å². The van der Waals surface area contributed by atoms with Gasteiger partial charge in [0.15, 0.2) is 0 Å². The van der Waals surface area contributed by atoms with Gasteiger partial charge in [-0.2, -0.15) is 0 Å². The Morgan fingerprint density at radius 3 is 2.63 bits per heavy atom. The van der Waals surface area contributed by atoms with Crippen molar-refractivity contribution >= 4 is 0 Å². The fraction of sp³-hybridized carbons (Fsp3) is 1.00. The number of aliphatic hydroxyl groups excluding tert-OH is 1. The SMILES string of the molecule is CCCNC1CCN(C2CCCCC2O)CC1CC. The molecule has 0 aromatic heterocycles. The van der Waals surface area contributed by atoms with Crippen molar-refractivity contribution in [2.45, 2.75) is 77.0 Å². The van der Waals surface area contributed by atoms with Crippen molar-refractivity contribution in [1.29, 1.82) is 0 Å². The van der Waals surface area contributed by atoms with Crippen LogP contribution in [0.2, 0.25) is 0 Å². The molecule has 0 aromatic rings. The summed E-state index contributed by atoms with van der Waals surface area (Å²) in [5, 5.41) is 13.9. The van der Waals surface area contributed by atoms with Crippen LogP contribution in [0.4, 0.5) is 0 Å². The number of hydrogen-bond donors (Lipinski definition) is 2. The molecule has 2 aliphatic rings. The smallest absolute Gasteiger partial charge is 0.0695 e. The molecule has 4 unspecified atom stereocenters. The van der Waals surface area contributed by atoms with E-state index in [1.165, 1.54) is 51.6 Å². The maximum atomic E-state index is 10.2. The van der Waals surface area contributed by atoms with E-state index < -0.39 is 0 Å². The molecule has 1 aliphatic heterocycles. The van der Waals surface area contributed by atoms with Gasteiger partial charge in [-0.1, -0.05) is 33.1 Å². The molecule has 2 N–H and O–H groups in total. The number of hydrogen-bond acceptors (Lipinski definition) is 3. The van der Waals surface area contributed by atoms with Crippen LogP contribution >= 0.6 is 0 Å². The number of nitrogens with one attached hydrogen (secondary N) is 1. The molecule has 0 radical (unpaired) electrons. The molecule has 3 heteroatoms. The van der Waals surface area contributed by atoms with Crippen LogP contribution < -0.4 is 5.32 Å². The summed E-state index contributed by atoms with van der Waals surface area (Å²) in [6.45, 7) is 8.04. The molecule has 2 fully saturated rings. The van der Waals surface area contributed by atoms with Crippen molar-refractivity contribution in [3.05, 3.63) is 0 Å². The third-order valence-corrected chi connectivity index (χ3v) is 5.11. The fourth-order valence-electron chi connectivity index (χ4n) is 3.89. The summed E-state index contributed by atoms with van der Waals surface area (Å²) in [7, 11) is 0. The summed E-state index contributed by atoms with van der Waals surface area (Å²) in [6.07, 6.45) is 8.36. The summed E-state index contributed by atoms with van der Waals surface area (Å²) in [5.41, 5.74) is 0. The van der Waals surface area contributed by atoms with E-state index in [9.17, 15) is 5.11 Å². The quantitative estimate of drug-likeness (QED) is 0.803. The van der Waals surface area contributed by atoms with Gasteiger partial charge in [0, 0.05) is 25.2 Å². The lowest BCUT2D eigenvalue weighted by Crippen LogP contribution is -2.55. The molecule has 0 spiro atoms. The molecule has 0 bridgehead atoms. The highest BCUT2D eigenvalue weighted by atomic mass is 16.3. The van der Waals surface area contributed by atoms with Crippen LogP contribution in [0.1, 0.15) is 58.8 Å². The second kappa shape index (κ2) is 7.61. The first kappa shape index (κ1) is 15.3. The van der Waals surface area contributed by atoms with E-state index in [2.05, 4.69) is 24.1 Å². The third kappa shape index (κ3) is 3.93. The average molecular weight is 268 g/mol. The van der Waals surface area contributed by atoms with Gasteiger partial charge in [0.2, 0.25) is 0 Å². The molecule has 1 heterocycles. The number of piperidine rings is 1. The Morgan fingerprint density at radius 1 is 1.16 bits per heavy atom. The molecule has 112 valence electrons. The predicted octanol–water partition coefficient (Wildman–Crippen LogP) is 2.39. The van der Waals surface area contributed by atoms with E-state index in [4.69, 9.17) is 0 Å². The minimum Gasteiger partial charge on any atom is -0.391 e. The van der Waals surface area contributed by atoms with E-state index >= 15 is 0 Å². The zero-order chi connectivity index (χ0) is 13.7. The second-order valence-electron chi connectivity index (χ2n) is 6.43. The first-order chi connectivity index (χ1) is 9.26. The Morgan fingerprint density at radius 2 is 1.95 bits per heavy atom. The first-order valence-electron chi connectivity index (χ1n) is 8.41. The van der Waals surface area contributed by atoms with E-state index in [0.29, 0.717) is 12.1 Å². The van der Waals surface area contributed by atoms with Gasteiger partial charge in [-0.05, 0) is 38.1 Å². The van der Waals surface area contributed by atoms with Crippen LogP contribution in [0.15, 0.2) is 0 Å². The summed E-state index contributed by atoms with van der Waals surface area (Å²) < 4.78 is 0. The van der Waals surface area contributed by atoms with Crippen molar-refractivity contribution in [2.75, 3.05) is 19.6 Å². The number of likely N-dealkylation sites (tertiary alicyclic amines) is 1. The molecule has 1 aliphatic carbocycles. The molecule has 4 atom stereocenters. The lowest BCUT2D eigenvalue weighted by molar-refractivity contribution is -0.00714. The van der Waals surface area contributed by atoms with Crippen molar-refractivity contribution < 1.29 is 5.11 Å². The standard InChI is InChI=1S/C16H32N2O/c1-3-10-17-14-9-11-18(12-13(14)4-2)15-7-5-6-8-16(15)19/h13-17,19H,3-12H2,1-2H3. The maximum Gasteiger partial charge on any atom is 0.0695 e. The van der Waals surface area contributed by atoms with Gasteiger partial charge in [0.1, 0.15) is 0 Å². The Kier molecular flexibility index (Phi) is 6.11. The number of rotatable bonds is 5.